The van der Waals surface area contributed by atoms with Gasteiger partial charge in [0, 0.05) is 12.2 Å². The molecule has 1 aromatic heterocycles. The third-order valence-corrected chi connectivity index (χ3v) is 3.43. The Morgan fingerprint density at radius 1 is 1.17 bits per heavy atom. The Balaban J connectivity index is 2.15. The van der Waals surface area contributed by atoms with Gasteiger partial charge in [-0.15, -0.1) is 0 Å². The molecule has 7 heteroatoms. The SMILES string of the molecule is COC(=O)c1ccc(Cl)c(NC(=O)c2ccc(NC(C)C)nc2)c1. The first-order chi connectivity index (χ1) is 11.4. The Hall–Kier alpha value is -2.60. The highest BCUT2D eigenvalue weighted by Crippen LogP contribution is 2.24. The summed E-state index contributed by atoms with van der Waals surface area (Å²) in [5.41, 5.74) is 1.00. The summed E-state index contributed by atoms with van der Waals surface area (Å²) in [6, 6.07) is 8.15. The molecule has 126 valence electrons. The van der Waals surface area contributed by atoms with Gasteiger partial charge in [-0.2, -0.15) is 0 Å². The molecule has 2 aromatic rings. The van der Waals surface area contributed by atoms with Gasteiger partial charge in [-0.3, -0.25) is 4.79 Å². The zero-order valence-electron chi connectivity index (χ0n) is 13.6. The van der Waals surface area contributed by atoms with E-state index < -0.39 is 5.97 Å². The first kappa shape index (κ1) is 17.7. The Kier molecular flexibility index (Phi) is 5.76. The number of anilines is 2. The van der Waals surface area contributed by atoms with Crippen molar-refractivity contribution in [3.8, 4) is 0 Å². The van der Waals surface area contributed by atoms with E-state index in [9.17, 15) is 9.59 Å². The maximum atomic E-state index is 12.3. The number of hydrogen-bond donors (Lipinski definition) is 2. The fraction of sp³-hybridized carbons (Fsp3) is 0.235. The minimum absolute atomic E-state index is 0.247. The van der Waals surface area contributed by atoms with E-state index in [0.29, 0.717) is 27.7 Å². The molecular formula is C17H18ClN3O3. The Morgan fingerprint density at radius 3 is 2.46 bits per heavy atom. The van der Waals surface area contributed by atoms with Crippen LogP contribution >= 0.6 is 11.6 Å². The number of carbonyl (C=O) groups is 2. The van der Waals surface area contributed by atoms with Crippen LogP contribution in [-0.2, 0) is 4.74 Å². The molecule has 0 saturated carbocycles. The van der Waals surface area contributed by atoms with Crippen molar-refractivity contribution in [3.05, 3.63) is 52.7 Å². The largest absolute Gasteiger partial charge is 0.465 e. The van der Waals surface area contributed by atoms with Gasteiger partial charge in [0.2, 0.25) is 0 Å². The summed E-state index contributed by atoms with van der Waals surface area (Å²) in [5, 5.41) is 6.13. The number of hydrogen-bond acceptors (Lipinski definition) is 5. The maximum Gasteiger partial charge on any atom is 0.337 e. The van der Waals surface area contributed by atoms with Crippen LogP contribution in [0.15, 0.2) is 36.5 Å². The molecule has 0 aliphatic carbocycles. The van der Waals surface area contributed by atoms with Crippen LogP contribution in [-0.4, -0.2) is 30.0 Å². The minimum atomic E-state index is -0.507. The lowest BCUT2D eigenvalue weighted by atomic mass is 10.2. The number of methoxy groups -OCH3 is 1. The van der Waals surface area contributed by atoms with Crippen molar-refractivity contribution in [2.24, 2.45) is 0 Å². The highest BCUT2D eigenvalue weighted by atomic mass is 35.5. The highest BCUT2D eigenvalue weighted by molar-refractivity contribution is 6.34. The Labute approximate surface area is 145 Å². The van der Waals surface area contributed by atoms with E-state index in [1.54, 1.807) is 12.1 Å². The second-order valence-corrected chi connectivity index (χ2v) is 5.78. The molecule has 0 fully saturated rings. The van der Waals surface area contributed by atoms with Crippen molar-refractivity contribution in [3.63, 3.8) is 0 Å². The summed E-state index contributed by atoms with van der Waals surface area (Å²) in [6.45, 7) is 4.00. The van der Waals surface area contributed by atoms with Crippen LogP contribution in [0.1, 0.15) is 34.6 Å². The number of carbonyl (C=O) groups excluding carboxylic acids is 2. The molecule has 0 unspecified atom stereocenters. The molecule has 0 radical (unpaired) electrons. The van der Waals surface area contributed by atoms with Crippen LogP contribution in [0, 0.1) is 0 Å². The number of amides is 1. The molecule has 2 rings (SSSR count). The van der Waals surface area contributed by atoms with E-state index >= 15 is 0 Å². The zero-order chi connectivity index (χ0) is 17.7. The predicted molar refractivity (Wildman–Crippen MR) is 93.7 cm³/mol. The summed E-state index contributed by atoms with van der Waals surface area (Å²) >= 11 is 6.07. The first-order valence-electron chi connectivity index (χ1n) is 7.32. The van der Waals surface area contributed by atoms with Gasteiger partial charge in [-0.05, 0) is 44.2 Å². The number of nitrogens with one attached hydrogen (secondary N) is 2. The topological polar surface area (TPSA) is 80.3 Å². The van der Waals surface area contributed by atoms with Crippen molar-refractivity contribution in [2.75, 3.05) is 17.7 Å². The molecule has 0 saturated heterocycles. The lowest BCUT2D eigenvalue weighted by molar-refractivity contribution is 0.0600. The second kappa shape index (κ2) is 7.79. The van der Waals surface area contributed by atoms with E-state index in [1.165, 1.54) is 31.5 Å². The van der Waals surface area contributed by atoms with Crippen LogP contribution in [0.25, 0.3) is 0 Å². The van der Waals surface area contributed by atoms with Crippen LogP contribution in [0.3, 0.4) is 0 Å². The van der Waals surface area contributed by atoms with Gasteiger partial charge in [0.1, 0.15) is 5.82 Å². The second-order valence-electron chi connectivity index (χ2n) is 5.37. The average molecular weight is 348 g/mol. The normalized spacial score (nSPS) is 10.4. The Bertz CT molecular complexity index is 745. The summed E-state index contributed by atoms with van der Waals surface area (Å²) in [6.07, 6.45) is 1.47. The first-order valence-corrected chi connectivity index (χ1v) is 7.70. The molecule has 1 aromatic carbocycles. The summed E-state index contributed by atoms with van der Waals surface area (Å²) in [7, 11) is 1.29. The zero-order valence-corrected chi connectivity index (χ0v) is 14.3. The van der Waals surface area contributed by atoms with Crippen LogP contribution in [0.5, 0.6) is 0 Å². The highest BCUT2D eigenvalue weighted by Gasteiger charge is 2.13. The molecule has 0 bridgehead atoms. The summed E-state index contributed by atoms with van der Waals surface area (Å²) in [4.78, 5) is 28.1. The van der Waals surface area contributed by atoms with E-state index in [-0.39, 0.29) is 11.9 Å². The number of ether oxygens (including phenoxy) is 1. The van der Waals surface area contributed by atoms with Gasteiger partial charge in [-0.1, -0.05) is 11.6 Å². The maximum absolute atomic E-state index is 12.3. The molecule has 0 aliphatic rings. The fourth-order valence-electron chi connectivity index (χ4n) is 1.97. The third-order valence-electron chi connectivity index (χ3n) is 3.10. The minimum Gasteiger partial charge on any atom is -0.465 e. The van der Waals surface area contributed by atoms with Crippen molar-refractivity contribution in [1.82, 2.24) is 4.98 Å². The number of esters is 1. The Morgan fingerprint density at radius 2 is 1.88 bits per heavy atom. The molecule has 2 N–H and O–H groups in total. The molecule has 0 aliphatic heterocycles. The van der Waals surface area contributed by atoms with Crippen molar-refractivity contribution < 1.29 is 14.3 Å². The number of aromatic nitrogens is 1. The molecule has 0 spiro atoms. The van der Waals surface area contributed by atoms with E-state index in [0.717, 1.165) is 0 Å². The standard InChI is InChI=1S/C17H18ClN3O3/c1-10(2)20-15-7-5-12(9-19-15)16(22)21-14-8-11(17(23)24-3)4-6-13(14)18/h4-10H,1-3H3,(H,19,20)(H,21,22). The summed E-state index contributed by atoms with van der Waals surface area (Å²) in [5.74, 6) is -0.192. The number of halogens is 1. The molecular weight excluding hydrogens is 330 g/mol. The smallest absolute Gasteiger partial charge is 0.337 e. The van der Waals surface area contributed by atoms with E-state index in [1.807, 2.05) is 13.8 Å². The third kappa shape index (κ3) is 4.45. The van der Waals surface area contributed by atoms with Crippen LogP contribution < -0.4 is 10.6 Å². The fourth-order valence-corrected chi connectivity index (χ4v) is 2.13. The lowest BCUT2D eigenvalue weighted by Gasteiger charge is -2.11. The van der Waals surface area contributed by atoms with Gasteiger partial charge < -0.3 is 15.4 Å². The van der Waals surface area contributed by atoms with Crippen LogP contribution in [0.4, 0.5) is 11.5 Å². The van der Waals surface area contributed by atoms with Gasteiger partial charge >= 0.3 is 5.97 Å². The number of nitrogens with zero attached hydrogens (tertiary/aromatic N) is 1. The van der Waals surface area contributed by atoms with Crippen molar-refractivity contribution >= 4 is 35.0 Å². The average Bonchev–Trinajstić information content (AvgIpc) is 2.56. The number of benzene rings is 1. The molecule has 0 atom stereocenters. The van der Waals surface area contributed by atoms with Gasteiger partial charge in [0.15, 0.2) is 0 Å². The van der Waals surface area contributed by atoms with Crippen LogP contribution in [0.2, 0.25) is 5.02 Å². The van der Waals surface area contributed by atoms with Gasteiger partial charge in [0.25, 0.3) is 5.91 Å². The monoisotopic (exact) mass is 347 g/mol. The lowest BCUT2D eigenvalue weighted by Crippen LogP contribution is -2.15. The predicted octanol–water partition coefficient (Wildman–Crippen LogP) is 3.59. The van der Waals surface area contributed by atoms with E-state index in [4.69, 9.17) is 11.6 Å². The van der Waals surface area contributed by atoms with Gasteiger partial charge in [0.05, 0.1) is 28.9 Å². The van der Waals surface area contributed by atoms with Gasteiger partial charge in [-0.25, -0.2) is 9.78 Å². The molecule has 6 nitrogen and oxygen atoms in total. The number of pyridine rings is 1. The molecule has 1 amide bonds. The summed E-state index contributed by atoms with van der Waals surface area (Å²) < 4.78 is 4.65. The molecule has 24 heavy (non-hydrogen) atoms. The number of rotatable bonds is 5. The van der Waals surface area contributed by atoms with Crippen molar-refractivity contribution in [2.45, 2.75) is 19.9 Å². The van der Waals surface area contributed by atoms with E-state index in [2.05, 4.69) is 20.4 Å². The quantitative estimate of drug-likeness (QED) is 0.808. The van der Waals surface area contributed by atoms with Crippen molar-refractivity contribution in [1.29, 1.82) is 0 Å². The molecule has 1 heterocycles.